The highest BCUT2D eigenvalue weighted by atomic mass is 79.9. The number of aryl methyl sites for hydroxylation is 2. The molecule has 2 nitrogen and oxygen atoms in total. The predicted octanol–water partition coefficient (Wildman–Crippen LogP) is 4.75. The predicted molar refractivity (Wildman–Crippen MR) is 86.1 cm³/mol. The van der Waals surface area contributed by atoms with Crippen molar-refractivity contribution in [3.8, 4) is 0 Å². The minimum absolute atomic E-state index is 0.193. The average Bonchev–Trinajstić information content (AvgIpc) is 2.54. The molecular formula is C13H21Br2ClN2. The van der Waals surface area contributed by atoms with Crippen molar-refractivity contribution in [1.29, 1.82) is 0 Å². The molecule has 0 saturated heterocycles. The van der Waals surface area contributed by atoms with Crippen LogP contribution in [0, 0.1) is 18.3 Å². The van der Waals surface area contributed by atoms with Gasteiger partial charge in [-0.3, -0.25) is 4.68 Å². The first kappa shape index (κ1) is 16.5. The summed E-state index contributed by atoms with van der Waals surface area (Å²) >= 11 is 13.7. The van der Waals surface area contributed by atoms with Crippen LogP contribution in [0.1, 0.15) is 31.7 Å². The van der Waals surface area contributed by atoms with Crippen LogP contribution in [0.2, 0.25) is 5.02 Å². The van der Waals surface area contributed by atoms with Crippen LogP contribution in [0.25, 0.3) is 0 Å². The Kier molecular flexibility index (Phi) is 6.20. The number of halogens is 3. The zero-order valence-electron chi connectivity index (χ0n) is 11.4. The van der Waals surface area contributed by atoms with E-state index < -0.39 is 0 Å². The molecule has 5 heteroatoms. The van der Waals surface area contributed by atoms with Crippen LogP contribution < -0.4 is 0 Å². The second kappa shape index (κ2) is 6.76. The molecule has 0 saturated carbocycles. The van der Waals surface area contributed by atoms with E-state index in [1.54, 1.807) is 0 Å². The van der Waals surface area contributed by atoms with Crippen molar-refractivity contribution < 1.29 is 0 Å². The lowest BCUT2D eigenvalue weighted by Crippen LogP contribution is -2.30. The molecule has 0 aliphatic carbocycles. The zero-order chi connectivity index (χ0) is 13.9. The lowest BCUT2D eigenvalue weighted by atomic mass is 9.80. The molecule has 104 valence electrons. The second-order valence-corrected chi connectivity index (χ2v) is 7.01. The molecule has 0 atom stereocenters. The van der Waals surface area contributed by atoms with E-state index in [2.05, 4.69) is 50.8 Å². The van der Waals surface area contributed by atoms with Crippen LogP contribution in [0.3, 0.4) is 0 Å². The van der Waals surface area contributed by atoms with Gasteiger partial charge in [-0.2, -0.15) is 5.10 Å². The van der Waals surface area contributed by atoms with Gasteiger partial charge in [-0.25, -0.2) is 0 Å². The van der Waals surface area contributed by atoms with Crippen molar-refractivity contribution in [2.75, 3.05) is 10.7 Å². The Morgan fingerprint density at radius 2 is 1.89 bits per heavy atom. The van der Waals surface area contributed by atoms with E-state index >= 15 is 0 Å². The molecule has 18 heavy (non-hydrogen) atoms. The van der Waals surface area contributed by atoms with E-state index in [0.29, 0.717) is 5.92 Å². The summed E-state index contributed by atoms with van der Waals surface area (Å²) < 4.78 is 1.91. The molecule has 0 spiro atoms. The van der Waals surface area contributed by atoms with Gasteiger partial charge >= 0.3 is 0 Å². The normalized spacial score (nSPS) is 12.4. The van der Waals surface area contributed by atoms with Gasteiger partial charge in [0, 0.05) is 17.7 Å². The number of hydrogen-bond acceptors (Lipinski definition) is 1. The van der Waals surface area contributed by atoms with Gasteiger partial charge in [0.2, 0.25) is 0 Å². The maximum Gasteiger partial charge on any atom is 0.0847 e. The van der Waals surface area contributed by atoms with E-state index in [1.807, 2.05) is 18.7 Å². The summed E-state index contributed by atoms with van der Waals surface area (Å²) in [5, 5.41) is 7.13. The maximum absolute atomic E-state index is 6.36. The lowest BCUT2D eigenvalue weighted by molar-refractivity contribution is 0.298. The average molecular weight is 401 g/mol. The molecule has 0 fully saturated rings. The minimum atomic E-state index is 0.193. The third-order valence-corrected chi connectivity index (χ3v) is 6.08. The Morgan fingerprint density at radius 1 is 1.33 bits per heavy atom. The van der Waals surface area contributed by atoms with Gasteiger partial charge in [-0.05, 0) is 31.1 Å². The Balaban J connectivity index is 3.03. The van der Waals surface area contributed by atoms with Crippen molar-refractivity contribution in [2.45, 2.75) is 33.6 Å². The number of hydrogen-bond donors (Lipinski definition) is 0. The van der Waals surface area contributed by atoms with E-state index in [0.717, 1.165) is 39.9 Å². The Labute approximate surface area is 132 Å². The fourth-order valence-corrected chi connectivity index (χ4v) is 4.41. The van der Waals surface area contributed by atoms with Crippen LogP contribution in [0.15, 0.2) is 0 Å². The van der Waals surface area contributed by atoms with Gasteiger partial charge in [0.05, 0.1) is 16.4 Å². The summed E-state index contributed by atoms with van der Waals surface area (Å²) in [6.45, 7) is 6.48. The summed E-state index contributed by atoms with van der Waals surface area (Å²) in [7, 11) is 1.97. The molecule has 1 aromatic rings. The van der Waals surface area contributed by atoms with Crippen molar-refractivity contribution >= 4 is 43.5 Å². The fourth-order valence-electron chi connectivity index (χ4n) is 2.40. The van der Waals surface area contributed by atoms with Crippen LogP contribution >= 0.6 is 43.5 Å². The first-order chi connectivity index (χ1) is 8.35. The topological polar surface area (TPSA) is 17.8 Å². The van der Waals surface area contributed by atoms with Gasteiger partial charge in [-0.15, -0.1) is 0 Å². The Morgan fingerprint density at radius 3 is 2.22 bits per heavy atom. The number of alkyl halides is 2. The molecule has 0 aliphatic rings. The van der Waals surface area contributed by atoms with Gasteiger partial charge < -0.3 is 0 Å². The van der Waals surface area contributed by atoms with Gasteiger partial charge in [-0.1, -0.05) is 57.3 Å². The van der Waals surface area contributed by atoms with Gasteiger partial charge in [0.1, 0.15) is 0 Å². The van der Waals surface area contributed by atoms with Crippen LogP contribution in [-0.2, 0) is 13.5 Å². The Bertz CT molecular complexity index is 398. The highest BCUT2D eigenvalue weighted by Crippen LogP contribution is 2.37. The largest absolute Gasteiger partial charge is 0.271 e. The van der Waals surface area contributed by atoms with Crippen molar-refractivity contribution in [1.82, 2.24) is 9.78 Å². The lowest BCUT2D eigenvalue weighted by Gasteiger charge is -2.32. The highest BCUT2D eigenvalue weighted by Gasteiger charge is 2.31. The van der Waals surface area contributed by atoms with E-state index in [-0.39, 0.29) is 5.41 Å². The molecule has 0 amide bonds. The summed E-state index contributed by atoms with van der Waals surface area (Å²) in [5.74, 6) is 0.660. The second-order valence-electron chi connectivity index (χ2n) is 5.51. The number of aromatic nitrogens is 2. The van der Waals surface area contributed by atoms with Gasteiger partial charge in [0.25, 0.3) is 0 Å². The van der Waals surface area contributed by atoms with Crippen molar-refractivity contribution in [3.05, 3.63) is 16.4 Å². The van der Waals surface area contributed by atoms with E-state index in [4.69, 9.17) is 11.6 Å². The smallest absolute Gasteiger partial charge is 0.0847 e. The summed E-state index contributed by atoms with van der Waals surface area (Å²) in [6.07, 6.45) is 2.10. The first-order valence-electron chi connectivity index (χ1n) is 6.15. The van der Waals surface area contributed by atoms with Crippen molar-refractivity contribution in [3.63, 3.8) is 0 Å². The molecule has 0 N–H and O–H groups in total. The molecule has 0 bridgehead atoms. The Hall–Kier alpha value is 0.460. The first-order valence-corrected chi connectivity index (χ1v) is 8.77. The summed E-state index contributed by atoms with van der Waals surface area (Å²) in [4.78, 5) is 0. The van der Waals surface area contributed by atoms with Crippen LogP contribution in [0.4, 0.5) is 0 Å². The van der Waals surface area contributed by atoms with E-state index in [1.165, 1.54) is 0 Å². The molecule has 0 radical (unpaired) electrons. The molecule has 0 aromatic carbocycles. The standard InChI is InChI=1S/C13H21Br2ClN2/c1-9(2)5-13(7-14,8-15)6-11-12(16)10(3)17-18(11)4/h9H,5-8H2,1-4H3. The third kappa shape index (κ3) is 3.73. The van der Waals surface area contributed by atoms with E-state index in [9.17, 15) is 0 Å². The molecule has 1 heterocycles. The zero-order valence-corrected chi connectivity index (χ0v) is 15.4. The minimum Gasteiger partial charge on any atom is -0.271 e. The summed E-state index contributed by atoms with van der Waals surface area (Å²) in [6, 6.07) is 0. The van der Waals surface area contributed by atoms with Crippen LogP contribution in [0.5, 0.6) is 0 Å². The molecule has 1 aromatic heterocycles. The monoisotopic (exact) mass is 398 g/mol. The summed E-state index contributed by atoms with van der Waals surface area (Å²) in [5.41, 5.74) is 2.24. The molecular weight excluding hydrogens is 379 g/mol. The fraction of sp³-hybridized carbons (Fsp3) is 0.769. The maximum atomic E-state index is 6.36. The number of nitrogens with zero attached hydrogens (tertiary/aromatic N) is 2. The van der Waals surface area contributed by atoms with Gasteiger partial charge in [0.15, 0.2) is 0 Å². The quantitative estimate of drug-likeness (QED) is 0.630. The van der Waals surface area contributed by atoms with Crippen molar-refractivity contribution in [2.24, 2.45) is 18.4 Å². The molecule has 0 aliphatic heterocycles. The highest BCUT2D eigenvalue weighted by molar-refractivity contribution is 9.09. The number of rotatable bonds is 6. The molecule has 0 unspecified atom stereocenters. The van der Waals surface area contributed by atoms with Crippen LogP contribution in [-0.4, -0.2) is 20.4 Å². The SMILES string of the molecule is Cc1nn(C)c(CC(CBr)(CBr)CC(C)C)c1Cl. The third-order valence-electron chi connectivity index (χ3n) is 3.21. The molecule has 1 rings (SSSR count).